The summed E-state index contributed by atoms with van der Waals surface area (Å²) in [5.41, 5.74) is 0. The van der Waals surface area contributed by atoms with Crippen LogP contribution < -0.4 is 0 Å². The van der Waals surface area contributed by atoms with Crippen molar-refractivity contribution >= 4 is 17.9 Å². The van der Waals surface area contributed by atoms with Gasteiger partial charge in [0.2, 0.25) is 0 Å². The van der Waals surface area contributed by atoms with Gasteiger partial charge in [0, 0.05) is 19.3 Å². The number of allylic oxidation sites excluding steroid dienone is 16. The van der Waals surface area contributed by atoms with E-state index < -0.39 is 6.10 Å². The predicted molar refractivity (Wildman–Crippen MR) is 274 cm³/mol. The van der Waals surface area contributed by atoms with Crippen LogP contribution in [0.1, 0.15) is 233 Å². The highest BCUT2D eigenvalue weighted by atomic mass is 16.6. The summed E-state index contributed by atoms with van der Waals surface area (Å²) in [4.78, 5) is 37.9. The highest BCUT2D eigenvalue weighted by molar-refractivity contribution is 5.71. The molecule has 64 heavy (non-hydrogen) atoms. The van der Waals surface area contributed by atoms with E-state index in [-0.39, 0.29) is 31.1 Å². The van der Waals surface area contributed by atoms with Gasteiger partial charge in [-0.15, -0.1) is 0 Å². The quantitative estimate of drug-likeness (QED) is 0.0262. The number of ether oxygens (including phenoxy) is 3. The van der Waals surface area contributed by atoms with E-state index in [2.05, 4.69) is 118 Å². The summed E-state index contributed by atoms with van der Waals surface area (Å²) in [6.45, 7) is 6.35. The zero-order valence-corrected chi connectivity index (χ0v) is 41.5. The lowest BCUT2D eigenvalue weighted by Crippen LogP contribution is -2.30. The van der Waals surface area contributed by atoms with Gasteiger partial charge in [0.05, 0.1) is 0 Å². The van der Waals surface area contributed by atoms with Crippen molar-refractivity contribution in [1.82, 2.24) is 0 Å². The van der Waals surface area contributed by atoms with Crippen molar-refractivity contribution in [3.63, 3.8) is 0 Å². The van der Waals surface area contributed by atoms with E-state index in [1.165, 1.54) is 57.8 Å². The topological polar surface area (TPSA) is 78.9 Å². The highest BCUT2D eigenvalue weighted by Gasteiger charge is 2.19. The summed E-state index contributed by atoms with van der Waals surface area (Å²) >= 11 is 0. The smallest absolute Gasteiger partial charge is 0.306 e. The Morgan fingerprint density at radius 2 is 0.609 bits per heavy atom. The van der Waals surface area contributed by atoms with E-state index >= 15 is 0 Å². The molecular weight excluding hydrogens is 793 g/mol. The SMILES string of the molecule is CC/C=C\C/C=C\C/C=C\C/C=C\C/C=C\CCCCCCCC(=O)OCC(COC(=O)CCCCCCCCCC)OC(=O)CCCCCCCCC/C=C\C/C=C\C/C=C\CC. The molecule has 0 aliphatic carbocycles. The van der Waals surface area contributed by atoms with Crippen molar-refractivity contribution in [2.45, 2.75) is 239 Å². The van der Waals surface area contributed by atoms with Gasteiger partial charge in [-0.1, -0.05) is 214 Å². The van der Waals surface area contributed by atoms with Crippen LogP contribution in [0.5, 0.6) is 0 Å². The molecule has 0 aliphatic heterocycles. The van der Waals surface area contributed by atoms with Crippen molar-refractivity contribution in [3.8, 4) is 0 Å². The fraction of sp³-hybridized carbons (Fsp3) is 0.672. The minimum absolute atomic E-state index is 0.0880. The average molecular weight is 889 g/mol. The van der Waals surface area contributed by atoms with Crippen molar-refractivity contribution in [1.29, 1.82) is 0 Å². The lowest BCUT2D eigenvalue weighted by molar-refractivity contribution is -0.167. The van der Waals surface area contributed by atoms with Crippen LogP contribution in [-0.2, 0) is 28.6 Å². The van der Waals surface area contributed by atoms with Gasteiger partial charge in [-0.25, -0.2) is 0 Å². The second-order valence-corrected chi connectivity index (χ2v) is 17.0. The van der Waals surface area contributed by atoms with E-state index in [9.17, 15) is 14.4 Å². The Labute approximate surface area is 394 Å². The third kappa shape index (κ3) is 49.3. The highest BCUT2D eigenvalue weighted by Crippen LogP contribution is 2.14. The van der Waals surface area contributed by atoms with Crippen LogP contribution in [0, 0.1) is 0 Å². The van der Waals surface area contributed by atoms with Crippen LogP contribution >= 0.6 is 0 Å². The van der Waals surface area contributed by atoms with E-state index in [4.69, 9.17) is 14.2 Å². The van der Waals surface area contributed by atoms with Gasteiger partial charge in [-0.2, -0.15) is 0 Å². The molecule has 1 unspecified atom stereocenters. The second-order valence-electron chi connectivity index (χ2n) is 17.0. The molecule has 1 atom stereocenters. The number of esters is 3. The molecule has 0 rings (SSSR count). The molecule has 0 heterocycles. The van der Waals surface area contributed by atoms with E-state index in [0.717, 1.165) is 135 Å². The van der Waals surface area contributed by atoms with E-state index in [1.54, 1.807) is 0 Å². The molecule has 0 radical (unpaired) electrons. The Morgan fingerprint density at radius 3 is 0.953 bits per heavy atom. The van der Waals surface area contributed by atoms with Crippen LogP contribution in [0.2, 0.25) is 0 Å². The van der Waals surface area contributed by atoms with Crippen molar-refractivity contribution in [2.24, 2.45) is 0 Å². The van der Waals surface area contributed by atoms with Crippen molar-refractivity contribution in [2.75, 3.05) is 13.2 Å². The van der Waals surface area contributed by atoms with Gasteiger partial charge in [-0.05, 0) is 96.3 Å². The minimum Gasteiger partial charge on any atom is -0.462 e. The maximum atomic E-state index is 12.8. The number of hydrogen-bond donors (Lipinski definition) is 0. The zero-order chi connectivity index (χ0) is 46.5. The Balaban J connectivity index is 4.34. The van der Waals surface area contributed by atoms with Crippen molar-refractivity contribution < 1.29 is 28.6 Å². The largest absolute Gasteiger partial charge is 0.462 e. The molecule has 0 bridgehead atoms. The molecule has 0 aliphatic rings. The van der Waals surface area contributed by atoms with Crippen LogP contribution in [-0.4, -0.2) is 37.2 Å². The van der Waals surface area contributed by atoms with Gasteiger partial charge < -0.3 is 14.2 Å². The molecule has 364 valence electrons. The number of carbonyl (C=O) groups is 3. The average Bonchev–Trinajstić information content (AvgIpc) is 3.29. The summed E-state index contributed by atoms with van der Waals surface area (Å²) in [5, 5.41) is 0. The standard InChI is InChI=1S/C58H96O6/c1-4-7-10-13-16-19-21-23-25-27-28-29-30-32-33-35-37-39-42-45-48-51-57(60)63-54-55(53-62-56(59)50-47-44-41-18-15-12-9-6-3)64-58(61)52-49-46-43-40-38-36-34-31-26-24-22-20-17-14-11-8-5-2/h7-8,10-11,16-17,19-20,23-26,28-29,32-33,55H,4-6,9,12-15,18,21-22,27,30-31,34-54H2,1-3H3/b10-7-,11-8-,19-16-,20-17-,25-23-,26-24-,29-28-,33-32-. The second kappa shape index (κ2) is 52.0. The molecule has 0 aromatic rings. The Kier molecular flexibility index (Phi) is 49.0. The molecular formula is C58H96O6. The van der Waals surface area contributed by atoms with Gasteiger partial charge in [0.15, 0.2) is 6.10 Å². The first-order valence-electron chi connectivity index (χ1n) is 26.2. The molecule has 0 saturated heterocycles. The summed E-state index contributed by atoms with van der Waals surface area (Å²) in [6.07, 6.45) is 68.3. The third-order valence-electron chi connectivity index (χ3n) is 10.8. The number of unbranched alkanes of at least 4 members (excludes halogenated alkanes) is 19. The van der Waals surface area contributed by atoms with Crippen LogP contribution in [0.4, 0.5) is 0 Å². The van der Waals surface area contributed by atoms with Crippen molar-refractivity contribution in [3.05, 3.63) is 97.2 Å². The molecule has 0 saturated carbocycles. The maximum Gasteiger partial charge on any atom is 0.306 e. The summed E-state index contributed by atoms with van der Waals surface area (Å²) in [7, 11) is 0. The molecule has 0 fully saturated rings. The normalized spacial score (nSPS) is 12.9. The summed E-state index contributed by atoms with van der Waals surface area (Å²) < 4.78 is 16.7. The van der Waals surface area contributed by atoms with Gasteiger partial charge >= 0.3 is 17.9 Å². The molecule has 0 amide bonds. The Hall–Kier alpha value is -3.67. The first-order chi connectivity index (χ1) is 31.5. The van der Waals surface area contributed by atoms with Crippen LogP contribution in [0.3, 0.4) is 0 Å². The maximum absolute atomic E-state index is 12.8. The van der Waals surface area contributed by atoms with Crippen LogP contribution in [0.15, 0.2) is 97.2 Å². The molecule has 0 spiro atoms. The monoisotopic (exact) mass is 889 g/mol. The lowest BCUT2D eigenvalue weighted by Gasteiger charge is -2.18. The van der Waals surface area contributed by atoms with E-state index in [0.29, 0.717) is 19.3 Å². The third-order valence-corrected chi connectivity index (χ3v) is 10.8. The summed E-state index contributed by atoms with van der Waals surface area (Å²) in [6, 6.07) is 0. The number of carbonyl (C=O) groups excluding carboxylic acids is 3. The lowest BCUT2D eigenvalue weighted by atomic mass is 10.1. The van der Waals surface area contributed by atoms with Gasteiger partial charge in [-0.3, -0.25) is 14.4 Å². The predicted octanol–water partition coefficient (Wildman–Crippen LogP) is 17.4. The molecule has 0 aromatic carbocycles. The fourth-order valence-electron chi connectivity index (χ4n) is 6.95. The summed E-state index contributed by atoms with van der Waals surface area (Å²) in [5.74, 6) is -0.924. The van der Waals surface area contributed by atoms with E-state index in [1.807, 2.05) is 0 Å². The molecule has 0 N–H and O–H groups in total. The number of rotatable bonds is 46. The first kappa shape index (κ1) is 60.3. The minimum atomic E-state index is -0.789. The zero-order valence-electron chi connectivity index (χ0n) is 41.5. The fourth-order valence-corrected chi connectivity index (χ4v) is 6.95. The first-order valence-corrected chi connectivity index (χ1v) is 26.2. The molecule has 0 aromatic heterocycles. The Morgan fingerprint density at radius 1 is 0.328 bits per heavy atom. The Bertz CT molecular complexity index is 1300. The number of hydrogen-bond acceptors (Lipinski definition) is 6. The van der Waals surface area contributed by atoms with Crippen LogP contribution in [0.25, 0.3) is 0 Å². The van der Waals surface area contributed by atoms with Gasteiger partial charge in [0.1, 0.15) is 13.2 Å². The molecule has 6 nitrogen and oxygen atoms in total. The molecule has 6 heteroatoms. The van der Waals surface area contributed by atoms with Gasteiger partial charge in [0.25, 0.3) is 0 Å².